The highest BCUT2D eigenvalue weighted by atomic mass is 16.6. The van der Waals surface area contributed by atoms with Crippen LogP contribution >= 0.6 is 0 Å². The van der Waals surface area contributed by atoms with E-state index < -0.39 is 12.1 Å². The van der Waals surface area contributed by atoms with Crippen molar-refractivity contribution in [3.63, 3.8) is 0 Å². The van der Waals surface area contributed by atoms with Crippen LogP contribution in [0.2, 0.25) is 0 Å². The molecule has 1 saturated heterocycles. The number of nitrogens with one attached hydrogen (secondary N) is 1. The number of amides is 2. The number of carbonyl (C=O) groups excluding carboxylic acids is 2. The molecule has 3 rings (SSSR count). The Morgan fingerprint density at radius 2 is 1.77 bits per heavy atom. The van der Waals surface area contributed by atoms with Gasteiger partial charge in [-0.05, 0) is 37.0 Å². The average molecular weight is 419 g/mol. The molecule has 1 fully saturated rings. The van der Waals surface area contributed by atoms with E-state index in [4.69, 9.17) is 9.47 Å². The maximum Gasteiger partial charge on any atom is 0.248 e. The molecule has 0 saturated carbocycles. The van der Waals surface area contributed by atoms with E-state index in [2.05, 4.69) is 12.2 Å². The quantitative estimate of drug-likeness (QED) is 0.571. The standard InChI is InChI=1S/C23H34N2O5/c1-2-3-4-5-6-9-20(26)24-21(23(28)25-12-7-8-13-25)22(27)17-10-11-18-19(16-17)30-15-14-29-18/h10-11,16,21-22,27H,2-9,12-15H2,1H3,(H,24,26)/t21-,22+/m0/s1. The lowest BCUT2D eigenvalue weighted by atomic mass is 9.99. The zero-order valence-electron chi connectivity index (χ0n) is 17.9. The van der Waals surface area contributed by atoms with E-state index in [1.807, 2.05) is 0 Å². The Morgan fingerprint density at radius 3 is 2.50 bits per heavy atom. The highest BCUT2D eigenvalue weighted by molar-refractivity contribution is 5.88. The molecule has 2 N–H and O–H groups in total. The number of rotatable bonds is 10. The van der Waals surface area contributed by atoms with Gasteiger partial charge in [0.15, 0.2) is 11.5 Å². The SMILES string of the molecule is CCCCCCCC(=O)N[C@H](C(=O)N1CCCC1)[C@H](O)c1ccc2c(c1)OCCO2. The number of ether oxygens (including phenoxy) is 2. The Morgan fingerprint density at radius 1 is 1.07 bits per heavy atom. The van der Waals surface area contributed by atoms with Crippen LogP contribution in [0.4, 0.5) is 0 Å². The summed E-state index contributed by atoms with van der Waals surface area (Å²) in [6.07, 6.45) is 6.32. The summed E-state index contributed by atoms with van der Waals surface area (Å²) in [6, 6.07) is 4.15. The number of nitrogens with zero attached hydrogens (tertiary/aromatic N) is 1. The molecule has 0 radical (unpaired) electrons. The molecule has 2 heterocycles. The van der Waals surface area contributed by atoms with Gasteiger partial charge in [0.2, 0.25) is 11.8 Å². The van der Waals surface area contributed by atoms with Gasteiger partial charge in [-0.3, -0.25) is 9.59 Å². The van der Waals surface area contributed by atoms with Crippen molar-refractivity contribution in [2.45, 2.75) is 70.4 Å². The lowest BCUT2D eigenvalue weighted by Gasteiger charge is -2.28. The molecule has 1 aromatic rings. The average Bonchev–Trinajstić information content (AvgIpc) is 3.31. The molecule has 30 heavy (non-hydrogen) atoms. The normalized spacial score (nSPS) is 17.5. The molecule has 0 unspecified atom stereocenters. The number of unbranched alkanes of at least 4 members (excludes halogenated alkanes) is 4. The minimum Gasteiger partial charge on any atom is -0.486 e. The van der Waals surface area contributed by atoms with E-state index >= 15 is 0 Å². The highest BCUT2D eigenvalue weighted by Gasteiger charge is 2.34. The first-order chi connectivity index (χ1) is 14.6. The predicted molar refractivity (Wildman–Crippen MR) is 114 cm³/mol. The molecular weight excluding hydrogens is 384 g/mol. The predicted octanol–water partition coefficient (Wildman–Crippen LogP) is 2.96. The third-order valence-corrected chi connectivity index (χ3v) is 5.73. The number of hydrogen-bond donors (Lipinski definition) is 2. The van der Waals surface area contributed by atoms with Crippen LogP contribution in [-0.2, 0) is 9.59 Å². The molecule has 2 atom stereocenters. The zero-order chi connectivity index (χ0) is 21.3. The third kappa shape index (κ3) is 5.88. The van der Waals surface area contributed by atoms with Crippen molar-refractivity contribution in [1.82, 2.24) is 10.2 Å². The van der Waals surface area contributed by atoms with E-state index in [0.717, 1.165) is 38.5 Å². The number of hydrogen-bond acceptors (Lipinski definition) is 5. The summed E-state index contributed by atoms with van der Waals surface area (Å²) >= 11 is 0. The summed E-state index contributed by atoms with van der Waals surface area (Å²) in [5, 5.41) is 13.9. The van der Waals surface area contributed by atoms with Crippen molar-refractivity contribution >= 4 is 11.8 Å². The van der Waals surface area contributed by atoms with Crippen LogP contribution in [-0.4, -0.2) is 54.2 Å². The summed E-state index contributed by atoms with van der Waals surface area (Å²) in [5.41, 5.74) is 0.528. The Labute approximate surface area is 178 Å². The molecule has 2 aliphatic heterocycles. The van der Waals surface area contributed by atoms with Gasteiger partial charge < -0.3 is 24.8 Å². The Hall–Kier alpha value is -2.28. The van der Waals surface area contributed by atoms with E-state index in [0.29, 0.717) is 49.8 Å². The summed E-state index contributed by atoms with van der Waals surface area (Å²) in [7, 11) is 0. The lowest BCUT2D eigenvalue weighted by molar-refractivity contribution is -0.139. The second kappa shape index (κ2) is 11.2. The van der Waals surface area contributed by atoms with Crippen molar-refractivity contribution in [3.05, 3.63) is 23.8 Å². The fraction of sp³-hybridized carbons (Fsp3) is 0.652. The van der Waals surface area contributed by atoms with Gasteiger partial charge in [-0.1, -0.05) is 38.7 Å². The number of benzene rings is 1. The van der Waals surface area contributed by atoms with Gasteiger partial charge in [0.05, 0.1) is 0 Å². The van der Waals surface area contributed by atoms with Crippen molar-refractivity contribution < 1.29 is 24.2 Å². The number of likely N-dealkylation sites (tertiary alicyclic amines) is 1. The highest BCUT2D eigenvalue weighted by Crippen LogP contribution is 2.33. The van der Waals surface area contributed by atoms with Crippen LogP contribution in [0.5, 0.6) is 11.5 Å². The molecule has 0 aromatic heterocycles. The number of carbonyl (C=O) groups is 2. The molecule has 0 spiro atoms. The molecule has 0 bridgehead atoms. The van der Waals surface area contributed by atoms with Gasteiger partial charge in [0, 0.05) is 19.5 Å². The Balaban J connectivity index is 1.68. The molecule has 7 heteroatoms. The third-order valence-electron chi connectivity index (χ3n) is 5.73. The van der Waals surface area contributed by atoms with Gasteiger partial charge >= 0.3 is 0 Å². The molecule has 2 aliphatic rings. The summed E-state index contributed by atoms with van der Waals surface area (Å²) in [5.74, 6) is 0.748. The summed E-state index contributed by atoms with van der Waals surface area (Å²) in [6.45, 7) is 4.41. The first-order valence-corrected chi connectivity index (χ1v) is 11.3. The molecule has 0 aliphatic carbocycles. The van der Waals surface area contributed by atoms with E-state index in [-0.39, 0.29) is 11.8 Å². The Bertz CT molecular complexity index is 718. The van der Waals surface area contributed by atoms with Crippen LogP contribution in [0.1, 0.15) is 70.0 Å². The van der Waals surface area contributed by atoms with Gasteiger partial charge in [-0.15, -0.1) is 0 Å². The van der Waals surface area contributed by atoms with E-state index in [9.17, 15) is 14.7 Å². The zero-order valence-corrected chi connectivity index (χ0v) is 17.9. The molecule has 2 amide bonds. The molecular formula is C23H34N2O5. The van der Waals surface area contributed by atoms with Crippen LogP contribution in [0.3, 0.4) is 0 Å². The first-order valence-electron chi connectivity index (χ1n) is 11.3. The summed E-state index contributed by atoms with van der Waals surface area (Å²) in [4.78, 5) is 27.4. The van der Waals surface area contributed by atoms with Crippen LogP contribution in [0.15, 0.2) is 18.2 Å². The number of aliphatic hydroxyl groups excluding tert-OH is 1. The van der Waals surface area contributed by atoms with Crippen LogP contribution < -0.4 is 14.8 Å². The number of fused-ring (bicyclic) bond motifs is 1. The summed E-state index contributed by atoms with van der Waals surface area (Å²) < 4.78 is 11.1. The van der Waals surface area contributed by atoms with Crippen molar-refractivity contribution in [2.75, 3.05) is 26.3 Å². The van der Waals surface area contributed by atoms with Gasteiger partial charge in [0.25, 0.3) is 0 Å². The largest absolute Gasteiger partial charge is 0.486 e. The monoisotopic (exact) mass is 418 g/mol. The van der Waals surface area contributed by atoms with Crippen LogP contribution in [0.25, 0.3) is 0 Å². The molecule has 7 nitrogen and oxygen atoms in total. The second-order valence-corrected chi connectivity index (χ2v) is 8.09. The van der Waals surface area contributed by atoms with Crippen LogP contribution in [0, 0.1) is 0 Å². The second-order valence-electron chi connectivity index (χ2n) is 8.09. The van der Waals surface area contributed by atoms with Crippen molar-refractivity contribution in [3.8, 4) is 11.5 Å². The maximum absolute atomic E-state index is 13.1. The number of aliphatic hydroxyl groups is 1. The lowest BCUT2D eigenvalue weighted by Crippen LogP contribution is -2.51. The molecule has 1 aromatic carbocycles. The van der Waals surface area contributed by atoms with Crippen molar-refractivity contribution in [2.24, 2.45) is 0 Å². The van der Waals surface area contributed by atoms with Gasteiger partial charge in [0.1, 0.15) is 25.4 Å². The van der Waals surface area contributed by atoms with Crippen molar-refractivity contribution in [1.29, 1.82) is 0 Å². The fourth-order valence-electron chi connectivity index (χ4n) is 3.98. The Kier molecular flexibility index (Phi) is 8.37. The molecule has 166 valence electrons. The van der Waals surface area contributed by atoms with Gasteiger partial charge in [-0.25, -0.2) is 0 Å². The topological polar surface area (TPSA) is 88.1 Å². The minimum atomic E-state index is -1.15. The minimum absolute atomic E-state index is 0.194. The maximum atomic E-state index is 13.1. The van der Waals surface area contributed by atoms with E-state index in [1.165, 1.54) is 6.42 Å². The smallest absolute Gasteiger partial charge is 0.248 e. The first kappa shape index (κ1) is 22.4. The van der Waals surface area contributed by atoms with E-state index in [1.54, 1.807) is 23.1 Å². The van der Waals surface area contributed by atoms with Gasteiger partial charge in [-0.2, -0.15) is 0 Å². The fourth-order valence-corrected chi connectivity index (χ4v) is 3.98.